The van der Waals surface area contributed by atoms with Crippen LogP contribution < -0.4 is 0 Å². The van der Waals surface area contributed by atoms with Crippen LogP contribution in [0.1, 0.15) is 279 Å². The Morgan fingerprint density at radius 1 is 0.435 bits per heavy atom. The largest absolute Gasteiger partial charge is 0.462 e. The lowest BCUT2D eigenvalue weighted by atomic mass is 10.1. The summed E-state index contributed by atoms with van der Waals surface area (Å²) in [4.78, 5) is 25.5. The first kappa shape index (κ1) is 57.6. The third-order valence-corrected chi connectivity index (χ3v) is 12.9. The van der Waals surface area contributed by atoms with Gasteiger partial charge in [-0.3, -0.25) is 4.55 Å². The highest BCUT2D eigenvalue weighted by molar-refractivity contribution is 7.86. The predicted molar refractivity (Wildman–Crippen MR) is 262 cm³/mol. The Morgan fingerprint density at radius 2 is 0.726 bits per heavy atom. The fraction of sp³-hybridized carbons (Fsp3) is 0.778. The Morgan fingerprint density at radius 3 is 1.05 bits per heavy atom. The predicted octanol–water partition coefficient (Wildman–Crippen LogP) is 17.2. The summed E-state index contributed by atoms with van der Waals surface area (Å²) in [5, 5.41) is 0. The van der Waals surface area contributed by atoms with Crippen LogP contribution in [0.2, 0.25) is 0 Å². The Kier molecular flexibility index (Phi) is 39.5. The number of benzene rings is 1. The number of hydrogen-bond acceptors (Lipinski definition) is 6. The van der Waals surface area contributed by atoms with Crippen molar-refractivity contribution in [2.75, 3.05) is 13.2 Å². The van der Waals surface area contributed by atoms with Gasteiger partial charge in [-0.15, -0.1) is 0 Å². The maximum atomic E-state index is 13.1. The van der Waals surface area contributed by atoms with Crippen molar-refractivity contribution in [2.45, 2.75) is 263 Å². The third-order valence-electron chi connectivity index (χ3n) is 12.0. The summed E-state index contributed by atoms with van der Waals surface area (Å²) in [7, 11) is -4.77. The number of rotatable bonds is 45. The lowest BCUT2D eigenvalue weighted by Gasteiger charge is -2.13. The molecule has 7 nitrogen and oxygen atoms in total. The quantitative estimate of drug-likeness (QED) is 0.0301. The molecule has 0 unspecified atom stereocenters. The lowest BCUT2D eigenvalue weighted by Crippen LogP contribution is -2.19. The molecular weight excluding hydrogens is 793 g/mol. The molecule has 1 aromatic rings. The molecule has 0 bridgehead atoms. The molecule has 8 heteroatoms. The molecule has 0 atom stereocenters. The highest BCUT2D eigenvalue weighted by Gasteiger charge is 2.28. The first-order valence-corrected chi connectivity index (χ1v) is 27.5. The molecule has 0 spiro atoms. The van der Waals surface area contributed by atoms with Crippen molar-refractivity contribution >= 4 is 22.1 Å². The maximum absolute atomic E-state index is 13.1. The monoisotopic (exact) mass is 887 g/mol. The molecule has 0 amide bonds. The molecule has 1 aromatic carbocycles. The minimum absolute atomic E-state index is 0.104. The van der Waals surface area contributed by atoms with E-state index in [-0.39, 0.29) is 18.8 Å². The molecule has 0 aliphatic carbocycles. The Hall–Kier alpha value is -2.45. The van der Waals surface area contributed by atoms with Crippen molar-refractivity contribution < 1.29 is 32.0 Å². The summed E-state index contributed by atoms with van der Waals surface area (Å²) in [6.45, 7) is 4.82. The average molecular weight is 887 g/mol. The van der Waals surface area contributed by atoms with Crippen molar-refractivity contribution in [3.63, 3.8) is 0 Å². The summed E-state index contributed by atoms with van der Waals surface area (Å²) in [5.74, 6) is -1.75. The standard InChI is InChI=1S/C54H94O7S/c1-3-5-7-9-11-13-15-17-19-21-23-25-27-29-31-33-35-37-39-41-43-48-60-53(55)50-46-45-47-51(62(57,58)59)52(50)54(56)61-49-44-42-40-38-36-34-32-30-28-26-24-22-20-18-16-14-12-10-8-6-4-2/h25-28,45-47H,3-24,29-44,48-49H2,1-2H3,(H,57,58,59)/b27-25+,28-26+. The number of carbonyl (C=O) groups excluding carboxylic acids is 2. The number of ether oxygens (including phenoxy) is 2. The van der Waals surface area contributed by atoms with Crippen molar-refractivity contribution in [1.29, 1.82) is 0 Å². The van der Waals surface area contributed by atoms with E-state index in [4.69, 9.17) is 9.47 Å². The van der Waals surface area contributed by atoms with Gasteiger partial charge >= 0.3 is 11.9 Å². The molecular formula is C54H94O7S. The van der Waals surface area contributed by atoms with E-state index in [2.05, 4.69) is 38.2 Å². The van der Waals surface area contributed by atoms with Gasteiger partial charge in [-0.05, 0) is 76.3 Å². The molecule has 0 radical (unpaired) electrons. The van der Waals surface area contributed by atoms with E-state index in [1.54, 1.807) is 0 Å². The minimum atomic E-state index is -4.77. The molecule has 0 aliphatic heterocycles. The molecule has 0 aliphatic rings. The average Bonchev–Trinajstić information content (AvgIpc) is 3.26. The molecule has 0 saturated heterocycles. The normalized spacial score (nSPS) is 11.9. The molecule has 1 rings (SSSR count). The molecule has 0 saturated carbocycles. The summed E-state index contributed by atoms with van der Waals surface area (Å²) in [6, 6.07) is 3.77. The molecule has 0 aromatic heterocycles. The summed E-state index contributed by atoms with van der Waals surface area (Å²) < 4.78 is 45.0. The van der Waals surface area contributed by atoms with Gasteiger partial charge in [0.25, 0.3) is 10.1 Å². The van der Waals surface area contributed by atoms with E-state index in [0.717, 1.165) is 57.4 Å². The molecule has 1 N–H and O–H groups in total. The van der Waals surface area contributed by atoms with Crippen LogP contribution >= 0.6 is 0 Å². The first-order chi connectivity index (χ1) is 30.3. The first-order valence-electron chi connectivity index (χ1n) is 26.1. The summed E-state index contributed by atoms with van der Waals surface area (Å²) in [5.41, 5.74) is -0.678. The van der Waals surface area contributed by atoms with Crippen LogP contribution in [-0.2, 0) is 19.6 Å². The number of hydrogen-bond donors (Lipinski definition) is 1. The molecule has 358 valence electrons. The van der Waals surface area contributed by atoms with Crippen LogP contribution in [0.4, 0.5) is 0 Å². The van der Waals surface area contributed by atoms with Crippen LogP contribution in [0.5, 0.6) is 0 Å². The second-order valence-electron chi connectivity index (χ2n) is 17.8. The van der Waals surface area contributed by atoms with Crippen molar-refractivity contribution in [3.8, 4) is 0 Å². The van der Waals surface area contributed by atoms with E-state index in [1.807, 2.05) is 0 Å². The van der Waals surface area contributed by atoms with Crippen molar-refractivity contribution in [1.82, 2.24) is 0 Å². The zero-order chi connectivity index (χ0) is 45.0. The van der Waals surface area contributed by atoms with Gasteiger partial charge in [0.2, 0.25) is 0 Å². The van der Waals surface area contributed by atoms with Crippen molar-refractivity contribution in [3.05, 3.63) is 53.6 Å². The van der Waals surface area contributed by atoms with Gasteiger partial charge in [-0.25, -0.2) is 9.59 Å². The highest BCUT2D eigenvalue weighted by atomic mass is 32.2. The smallest absolute Gasteiger partial charge is 0.340 e. The van der Waals surface area contributed by atoms with Gasteiger partial charge in [0.05, 0.1) is 24.3 Å². The molecule has 0 heterocycles. The van der Waals surface area contributed by atoms with Crippen LogP contribution in [0.15, 0.2) is 47.4 Å². The summed E-state index contributed by atoms with van der Waals surface area (Å²) >= 11 is 0. The van der Waals surface area contributed by atoms with E-state index in [1.165, 1.54) is 192 Å². The van der Waals surface area contributed by atoms with Gasteiger partial charge in [0.1, 0.15) is 4.90 Å². The van der Waals surface area contributed by atoms with E-state index in [0.29, 0.717) is 12.8 Å². The Balaban J connectivity index is 2.15. The number of unbranched alkanes of at least 4 members (excludes halogenated alkanes) is 34. The Labute approximate surface area is 382 Å². The zero-order valence-electron chi connectivity index (χ0n) is 40.1. The fourth-order valence-corrected chi connectivity index (χ4v) is 8.78. The second-order valence-corrected chi connectivity index (χ2v) is 19.2. The molecule has 62 heavy (non-hydrogen) atoms. The number of carbonyl (C=O) groups is 2. The number of esters is 2. The fourth-order valence-electron chi connectivity index (χ4n) is 8.07. The third kappa shape index (κ3) is 34.0. The summed E-state index contributed by atoms with van der Waals surface area (Å²) in [6.07, 6.45) is 56.4. The van der Waals surface area contributed by atoms with Gasteiger partial charge in [-0.2, -0.15) is 8.42 Å². The van der Waals surface area contributed by atoms with Gasteiger partial charge in [0.15, 0.2) is 0 Å². The van der Waals surface area contributed by atoms with Gasteiger partial charge in [-0.1, -0.05) is 224 Å². The minimum Gasteiger partial charge on any atom is -0.462 e. The second kappa shape index (κ2) is 42.5. The molecule has 0 fully saturated rings. The topological polar surface area (TPSA) is 107 Å². The van der Waals surface area contributed by atoms with Crippen LogP contribution in [0, 0.1) is 0 Å². The van der Waals surface area contributed by atoms with E-state index >= 15 is 0 Å². The number of allylic oxidation sites excluding steroid dienone is 4. The van der Waals surface area contributed by atoms with Crippen molar-refractivity contribution in [2.24, 2.45) is 0 Å². The van der Waals surface area contributed by atoms with Crippen LogP contribution in [0.3, 0.4) is 0 Å². The van der Waals surface area contributed by atoms with E-state index < -0.39 is 32.5 Å². The highest BCUT2D eigenvalue weighted by Crippen LogP contribution is 2.23. The SMILES string of the molecule is CCCCCCCCCCCC/C=C/CCCCCCCCCOC(=O)c1cccc(S(=O)(=O)O)c1C(=O)OCCCCCCCCC/C=C/CCCCCCCCCCCC. The maximum Gasteiger partial charge on any atom is 0.340 e. The van der Waals surface area contributed by atoms with E-state index in [9.17, 15) is 22.6 Å². The van der Waals surface area contributed by atoms with Gasteiger partial charge < -0.3 is 9.47 Å². The van der Waals surface area contributed by atoms with Crippen LogP contribution in [-0.4, -0.2) is 38.1 Å². The lowest BCUT2D eigenvalue weighted by molar-refractivity contribution is 0.0446. The Bertz CT molecular complexity index is 1370. The zero-order valence-corrected chi connectivity index (χ0v) is 40.9. The van der Waals surface area contributed by atoms with Crippen LogP contribution in [0.25, 0.3) is 0 Å². The van der Waals surface area contributed by atoms with Gasteiger partial charge in [0, 0.05) is 0 Å².